The lowest BCUT2D eigenvalue weighted by Crippen LogP contribution is -2.32. The van der Waals surface area contributed by atoms with Gasteiger partial charge in [0.05, 0.1) is 61.2 Å². The number of fused-ring (bicyclic) bond motifs is 3. The third-order valence-corrected chi connectivity index (χ3v) is 7.13. The molecule has 1 atom stereocenters. The average molecular weight is 494 g/mol. The van der Waals surface area contributed by atoms with Crippen molar-refractivity contribution in [3.8, 4) is 11.3 Å². The van der Waals surface area contributed by atoms with Crippen LogP contribution in [0.4, 0.5) is 0 Å². The van der Waals surface area contributed by atoms with E-state index in [4.69, 9.17) is 26.2 Å². The number of aryl methyl sites for hydroxylation is 2. The van der Waals surface area contributed by atoms with Crippen LogP contribution in [-0.4, -0.2) is 51.6 Å². The SMILES string of the molecule is O=C(NCc1cnc(C2CC2)cn1)c1cc(Cl)c2c(c1)CCCc1cn(C[C@H]3COCCO3)nc1-2. The Morgan fingerprint density at radius 1 is 1.14 bits per heavy atom. The van der Waals surface area contributed by atoms with E-state index >= 15 is 0 Å². The molecule has 1 aliphatic heterocycles. The first-order valence-corrected chi connectivity index (χ1v) is 12.7. The van der Waals surface area contributed by atoms with Crippen LogP contribution in [0.1, 0.15) is 58.1 Å². The molecule has 6 rings (SSSR count). The lowest BCUT2D eigenvalue weighted by atomic mass is 9.99. The second-order valence-corrected chi connectivity index (χ2v) is 9.94. The second-order valence-electron chi connectivity index (χ2n) is 9.53. The van der Waals surface area contributed by atoms with Crippen molar-refractivity contribution >= 4 is 17.5 Å². The molecule has 0 spiro atoms. The molecular weight excluding hydrogens is 466 g/mol. The van der Waals surface area contributed by atoms with Gasteiger partial charge in [0, 0.05) is 29.4 Å². The van der Waals surface area contributed by atoms with Crippen molar-refractivity contribution in [3.05, 3.63) is 63.8 Å². The van der Waals surface area contributed by atoms with Crippen LogP contribution in [0.3, 0.4) is 0 Å². The van der Waals surface area contributed by atoms with Crippen molar-refractivity contribution in [1.29, 1.82) is 0 Å². The quantitative estimate of drug-likeness (QED) is 0.563. The molecule has 8 nitrogen and oxygen atoms in total. The number of nitrogens with one attached hydrogen (secondary N) is 1. The number of aromatic nitrogens is 4. The first-order valence-electron chi connectivity index (χ1n) is 12.3. The van der Waals surface area contributed by atoms with Crippen LogP contribution in [-0.2, 0) is 35.4 Å². The number of nitrogens with zero attached hydrogens (tertiary/aromatic N) is 4. The number of benzene rings is 1. The largest absolute Gasteiger partial charge is 0.376 e. The summed E-state index contributed by atoms with van der Waals surface area (Å²) in [4.78, 5) is 21.9. The number of hydrogen-bond donors (Lipinski definition) is 1. The van der Waals surface area contributed by atoms with Gasteiger partial charge in [-0.3, -0.25) is 19.4 Å². The summed E-state index contributed by atoms with van der Waals surface area (Å²) in [6.07, 6.45) is 10.8. The van der Waals surface area contributed by atoms with Gasteiger partial charge in [0.2, 0.25) is 0 Å². The van der Waals surface area contributed by atoms with Crippen LogP contribution in [0.2, 0.25) is 5.02 Å². The van der Waals surface area contributed by atoms with Gasteiger partial charge in [-0.1, -0.05) is 11.6 Å². The monoisotopic (exact) mass is 493 g/mol. The number of ether oxygens (including phenoxy) is 2. The van der Waals surface area contributed by atoms with E-state index in [-0.39, 0.29) is 12.0 Å². The molecule has 2 aliphatic carbocycles. The van der Waals surface area contributed by atoms with Crippen molar-refractivity contribution in [3.63, 3.8) is 0 Å². The summed E-state index contributed by atoms with van der Waals surface area (Å²) < 4.78 is 13.2. The second kappa shape index (κ2) is 9.68. The number of hydrogen-bond acceptors (Lipinski definition) is 6. The average Bonchev–Trinajstić information content (AvgIpc) is 3.67. The highest BCUT2D eigenvalue weighted by Crippen LogP contribution is 2.39. The summed E-state index contributed by atoms with van der Waals surface area (Å²) >= 11 is 6.77. The van der Waals surface area contributed by atoms with E-state index in [0.717, 1.165) is 47.5 Å². The molecular formula is C26H28ClN5O3. The van der Waals surface area contributed by atoms with Gasteiger partial charge in [0.15, 0.2) is 0 Å². The molecule has 9 heteroatoms. The molecule has 3 heterocycles. The van der Waals surface area contributed by atoms with Gasteiger partial charge in [-0.15, -0.1) is 0 Å². The maximum Gasteiger partial charge on any atom is 0.251 e. The zero-order valence-corrected chi connectivity index (χ0v) is 20.3. The first kappa shape index (κ1) is 22.6. The van der Waals surface area contributed by atoms with Gasteiger partial charge in [0.1, 0.15) is 6.10 Å². The minimum atomic E-state index is -0.174. The van der Waals surface area contributed by atoms with Crippen LogP contribution in [0.15, 0.2) is 30.7 Å². The third-order valence-electron chi connectivity index (χ3n) is 6.83. The Morgan fingerprint density at radius 3 is 2.80 bits per heavy atom. The molecule has 1 saturated heterocycles. The first-order chi connectivity index (χ1) is 17.1. The molecule has 0 radical (unpaired) electrons. The summed E-state index contributed by atoms with van der Waals surface area (Å²) in [5.41, 5.74) is 6.39. The van der Waals surface area contributed by atoms with Crippen LogP contribution in [0, 0.1) is 0 Å². The van der Waals surface area contributed by atoms with Crippen molar-refractivity contribution in [1.82, 2.24) is 25.1 Å². The van der Waals surface area contributed by atoms with E-state index in [1.54, 1.807) is 12.3 Å². The van der Waals surface area contributed by atoms with Crippen LogP contribution >= 0.6 is 11.6 Å². The molecule has 3 aromatic rings. The Morgan fingerprint density at radius 2 is 2.03 bits per heavy atom. The fraction of sp³-hybridized carbons (Fsp3) is 0.462. The fourth-order valence-electron chi connectivity index (χ4n) is 4.85. The predicted octanol–water partition coefficient (Wildman–Crippen LogP) is 3.71. The molecule has 1 saturated carbocycles. The molecule has 3 aliphatic rings. The smallest absolute Gasteiger partial charge is 0.251 e. The Kier molecular flexibility index (Phi) is 6.26. The van der Waals surface area contributed by atoms with E-state index in [2.05, 4.69) is 21.5 Å². The standard InChI is InChI=1S/C26H28ClN5O3/c27-22-9-19(26(33)30-11-20-10-29-23(12-28-20)16-4-5-16)8-17-2-1-3-18-13-32(31-25(18)24(17)22)14-21-15-34-6-7-35-21/h8-10,12-13,16,21H,1-7,11,14-15H2,(H,30,33)/t21-/m0/s1. The van der Waals surface area contributed by atoms with Crippen LogP contribution in [0.5, 0.6) is 0 Å². The number of rotatable bonds is 6. The van der Waals surface area contributed by atoms with Gasteiger partial charge >= 0.3 is 0 Å². The summed E-state index contributed by atoms with van der Waals surface area (Å²) in [5.74, 6) is 0.390. The van der Waals surface area contributed by atoms with Gasteiger partial charge in [-0.25, -0.2) is 0 Å². The molecule has 2 fully saturated rings. The van der Waals surface area contributed by atoms with Crippen LogP contribution < -0.4 is 5.32 Å². The molecule has 0 unspecified atom stereocenters. The Labute approximate surface area is 209 Å². The summed E-state index contributed by atoms with van der Waals surface area (Å²) in [5, 5.41) is 8.36. The zero-order chi connectivity index (χ0) is 23.8. The lowest BCUT2D eigenvalue weighted by molar-refractivity contribution is -0.0946. The number of amides is 1. The van der Waals surface area contributed by atoms with Gasteiger partial charge < -0.3 is 14.8 Å². The predicted molar refractivity (Wildman–Crippen MR) is 130 cm³/mol. The van der Waals surface area contributed by atoms with Gasteiger partial charge in [-0.05, 0) is 55.4 Å². The minimum Gasteiger partial charge on any atom is -0.376 e. The lowest BCUT2D eigenvalue weighted by Gasteiger charge is -2.22. The number of halogens is 1. The van der Waals surface area contributed by atoms with Crippen LogP contribution in [0.25, 0.3) is 11.3 Å². The Balaban J connectivity index is 1.19. The number of carbonyl (C=O) groups excluding carboxylic acids is 1. The van der Waals surface area contributed by atoms with Gasteiger partial charge in [0.25, 0.3) is 5.91 Å². The maximum absolute atomic E-state index is 12.9. The maximum atomic E-state index is 12.9. The van der Waals surface area contributed by atoms with E-state index in [0.29, 0.717) is 49.4 Å². The van der Waals surface area contributed by atoms with Crippen molar-refractivity contribution in [2.75, 3.05) is 19.8 Å². The molecule has 0 bridgehead atoms. The Bertz CT molecular complexity index is 1230. The molecule has 2 aromatic heterocycles. The third kappa shape index (κ3) is 4.96. The van der Waals surface area contributed by atoms with Crippen molar-refractivity contribution in [2.24, 2.45) is 0 Å². The zero-order valence-electron chi connectivity index (χ0n) is 19.5. The minimum absolute atomic E-state index is 0.00269. The fourth-order valence-corrected chi connectivity index (χ4v) is 5.17. The topological polar surface area (TPSA) is 91.2 Å². The highest BCUT2D eigenvalue weighted by Gasteiger charge is 2.26. The molecule has 182 valence electrons. The molecule has 1 N–H and O–H groups in total. The Hall–Kier alpha value is -2.81. The van der Waals surface area contributed by atoms with E-state index in [1.807, 2.05) is 16.9 Å². The summed E-state index contributed by atoms with van der Waals surface area (Å²) in [7, 11) is 0. The summed E-state index contributed by atoms with van der Waals surface area (Å²) in [6.45, 7) is 2.81. The van der Waals surface area contributed by atoms with Crippen molar-refractivity contribution < 1.29 is 14.3 Å². The normalized spacial score (nSPS) is 19.5. The van der Waals surface area contributed by atoms with E-state index in [9.17, 15) is 4.79 Å². The molecule has 1 aromatic carbocycles. The summed E-state index contributed by atoms with van der Waals surface area (Å²) in [6, 6.07) is 3.69. The van der Waals surface area contributed by atoms with Gasteiger partial charge in [-0.2, -0.15) is 5.10 Å². The highest BCUT2D eigenvalue weighted by atomic mass is 35.5. The number of carbonyl (C=O) groups is 1. The van der Waals surface area contributed by atoms with E-state index < -0.39 is 0 Å². The molecule has 35 heavy (non-hydrogen) atoms. The van der Waals surface area contributed by atoms with E-state index in [1.165, 1.54) is 18.4 Å². The highest BCUT2D eigenvalue weighted by molar-refractivity contribution is 6.34. The van der Waals surface area contributed by atoms with Crippen molar-refractivity contribution in [2.45, 2.75) is 57.2 Å². The molecule has 1 amide bonds.